The molecular formula is C25H27ClN2O3S2. The van der Waals surface area contributed by atoms with Crippen molar-refractivity contribution in [1.82, 2.24) is 5.32 Å². The van der Waals surface area contributed by atoms with E-state index in [0.29, 0.717) is 17.3 Å². The third-order valence-electron chi connectivity index (χ3n) is 4.94. The molecule has 1 N–H and O–H groups in total. The largest absolute Gasteiger partial charge is 0.354 e. The average molecular weight is 503 g/mol. The zero-order valence-electron chi connectivity index (χ0n) is 18.6. The fourth-order valence-corrected chi connectivity index (χ4v) is 5.47. The maximum Gasteiger partial charge on any atom is 0.264 e. The zero-order valence-corrected chi connectivity index (χ0v) is 21.0. The van der Waals surface area contributed by atoms with Crippen LogP contribution >= 0.6 is 23.4 Å². The summed E-state index contributed by atoms with van der Waals surface area (Å²) in [6.45, 7) is 4.09. The van der Waals surface area contributed by atoms with Gasteiger partial charge < -0.3 is 5.32 Å². The van der Waals surface area contributed by atoms with Gasteiger partial charge in [0, 0.05) is 16.5 Å². The number of aryl methyl sites for hydroxylation is 2. The van der Waals surface area contributed by atoms with E-state index in [2.05, 4.69) is 36.5 Å². The zero-order chi connectivity index (χ0) is 23.8. The summed E-state index contributed by atoms with van der Waals surface area (Å²) >= 11 is 7.70. The number of carbonyl (C=O) groups excluding carboxylic acids is 1. The van der Waals surface area contributed by atoms with Gasteiger partial charge in [-0.3, -0.25) is 9.10 Å². The lowest BCUT2D eigenvalue weighted by Gasteiger charge is -2.24. The molecule has 0 aromatic heterocycles. The molecule has 0 aliphatic carbocycles. The Labute approximate surface area is 205 Å². The standard InChI is InChI=1S/C25H27ClN2O3S2/c1-19-4-12-23(13-5-19)32-17-3-16-27-25(29)18-28(22-10-8-21(26)9-11-22)33(30,31)24-14-6-20(2)7-15-24/h4-15H,3,16-18H2,1-2H3,(H,27,29). The summed E-state index contributed by atoms with van der Waals surface area (Å²) in [7, 11) is -3.93. The number of anilines is 1. The SMILES string of the molecule is Cc1ccc(SCCCNC(=O)CN(c2ccc(Cl)cc2)S(=O)(=O)c2ccc(C)cc2)cc1. The number of hydrogen-bond donors (Lipinski definition) is 1. The Morgan fingerprint density at radius 3 is 2.09 bits per heavy atom. The summed E-state index contributed by atoms with van der Waals surface area (Å²) in [6.07, 6.45) is 0.774. The van der Waals surface area contributed by atoms with Crippen molar-refractivity contribution in [3.63, 3.8) is 0 Å². The first kappa shape index (κ1) is 25.1. The molecule has 174 valence electrons. The first-order chi connectivity index (χ1) is 15.8. The van der Waals surface area contributed by atoms with Crippen molar-refractivity contribution in [3.05, 3.63) is 88.9 Å². The molecule has 0 fully saturated rings. The molecule has 0 saturated heterocycles. The van der Waals surface area contributed by atoms with Crippen molar-refractivity contribution < 1.29 is 13.2 Å². The lowest BCUT2D eigenvalue weighted by molar-refractivity contribution is -0.119. The van der Waals surface area contributed by atoms with Crippen molar-refractivity contribution in [2.24, 2.45) is 0 Å². The molecule has 5 nitrogen and oxygen atoms in total. The van der Waals surface area contributed by atoms with Gasteiger partial charge in [-0.2, -0.15) is 0 Å². The molecule has 0 heterocycles. The topological polar surface area (TPSA) is 66.5 Å². The van der Waals surface area contributed by atoms with Crippen LogP contribution in [0.4, 0.5) is 5.69 Å². The van der Waals surface area contributed by atoms with E-state index >= 15 is 0 Å². The maximum absolute atomic E-state index is 13.3. The number of carbonyl (C=O) groups is 1. The molecule has 3 aromatic carbocycles. The minimum atomic E-state index is -3.93. The molecule has 0 spiro atoms. The Morgan fingerprint density at radius 2 is 1.48 bits per heavy atom. The molecule has 3 rings (SSSR count). The van der Waals surface area contributed by atoms with Crippen LogP contribution in [0, 0.1) is 13.8 Å². The molecule has 8 heteroatoms. The van der Waals surface area contributed by atoms with Crippen LogP contribution in [-0.2, 0) is 14.8 Å². The molecule has 0 aliphatic heterocycles. The van der Waals surface area contributed by atoms with E-state index in [1.54, 1.807) is 60.3 Å². The summed E-state index contributed by atoms with van der Waals surface area (Å²) in [6, 6.07) is 21.3. The molecule has 0 atom stereocenters. The third kappa shape index (κ3) is 7.25. The predicted molar refractivity (Wildman–Crippen MR) is 137 cm³/mol. The molecule has 33 heavy (non-hydrogen) atoms. The number of amides is 1. The first-order valence-corrected chi connectivity index (χ1v) is 13.4. The van der Waals surface area contributed by atoms with Gasteiger partial charge in [-0.05, 0) is 74.6 Å². The van der Waals surface area contributed by atoms with Crippen LogP contribution in [0.3, 0.4) is 0 Å². The number of rotatable bonds is 10. The highest BCUT2D eigenvalue weighted by molar-refractivity contribution is 7.99. The van der Waals surface area contributed by atoms with Crippen LogP contribution in [-0.4, -0.2) is 33.2 Å². The summed E-state index contributed by atoms with van der Waals surface area (Å²) in [5.74, 6) is 0.493. The van der Waals surface area contributed by atoms with Crippen LogP contribution in [0.5, 0.6) is 0 Å². The minimum Gasteiger partial charge on any atom is -0.354 e. The fraction of sp³-hybridized carbons (Fsp3) is 0.240. The van der Waals surface area contributed by atoms with Gasteiger partial charge in [0.05, 0.1) is 10.6 Å². The Morgan fingerprint density at radius 1 is 0.909 bits per heavy atom. The van der Waals surface area contributed by atoms with Crippen LogP contribution in [0.2, 0.25) is 5.02 Å². The molecule has 0 aliphatic rings. The summed E-state index contributed by atoms with van der Waals surface area (Å²) in [5, 5.41) is 3.33. The quantitative estimate of drug-likeness (QED) is 0.295. The lowest BCUT2D eigenvalue weighted by Crippen LogP contribution is -2.41. The predicted octanol–water partition coefficient (Wildman–Crippen LogP) is 5.45. The number of halogens is 1. The van der Waals surface area contributed by atoms with Crippen LogP contribution in [0.1, 0.15) is 17.5 Å². The normalized spacial score (nSPS) is 11.2. The van der Waals surface area contributed by atoms with Gasteiger partial charge in [-0.15, -0.1) is 11.8 Å². The van der Waals surface area contributed by atoms with Crippen molar-refractivity contribution >= 4 is 45.0 Å². The van der Waals surface area contributed by atoms with Crippen LogP contribution < -0.4 is 9.62 Å². The number of benzene rings is 3. The van der Waals surface area contributed by atoms with Gasteiger partial charge in [0.2, 0.25) is 5.91 Å². The van der Waals surface area contributed by atoms with Crippen LogP contribution in [0.15, 0.2) is 82.6 Å². The summed E-state index contributed by atoms with van der Waals surface area (Å²) < 4.78 is 27.8. The van der Waals surface area contributed by atoms with Crippen molar-refractivity contribution in [1.29, 1.82) is 0 Å². The first-order valence-electron chi connectivity index (χ1n) is 10.6. The third-order valence-corrected chi connectivity index (χ3v) is 8.08. The maximum atomic E-state index is 13.3. The monoisotopic (exact) mass is 502 g/mol. The van der Waals surface area contributed by atoms with Crippen molar-refractivity contribution in [2.45, 2.75) is 30.1 Å². The number of thioether (sulfide) groups is 1. The second-order valence-electron chi connectivity index (χ2n) is 7.67. The van der Waals surface area contributed by atoms with Crippen molar-refractivity contribution in [2.75, 3.05) is 23.1 Å². The van der Waals surface area contributed by atoms with Crippen molar-refractivity contribution in [3.8, 4) is 0 Å². The lowest BCUT2D eigenvalue weighted by atomic mass is 10.2. The molecular weight excluding hydrogens is 476 g/mol. The number of nitrogens with zero attached hydrogens (tertiary/aromatic N) is 1. The molecule has 0 radical (unpaired) electrons. The summed E-state index contributed by atoms with van der Waals surface area (Å²) in [4.78, 5) is 14.0. The Bertz CT molecular complexity index is 1160. The Hall–Kier alpha value is -2.48. The van der Waals surface area contributed by atoms with Crippen LogP contribution in [0.25, 0.3) is 0 Å². The van der Waals surface area contributed by atoms with E-state index in [0.717, 1.165) is 22.0 Å². The van der Waals surface area contributed by atoms with E-state index in [1.165, 1.54) is 10.5 Å². The van der Waals surface area contributed by atoms with E-state index < -0.39 is 10.0 Å². The second-order valence-corrected chi connectivity index (χ2v) is 11.1. The number of hydrogen-bond acceptors (Lipinski definition) is 4. The average Bonchev–Trinajstić information content (AvgIpc) is 2.79. The Kier molecular flexibility index (Phi) is 8.83. The van der Waals surface area contributed by atoms with Gasteiger partial charge in [0.1, 0.15) is 6.54 Å². The van der Waals surface area contributed by atoms with E-state index in [9.17, 15) is 13.2 Å². The van der Waals surface area contributed by atoms with E-state index in [1.807, 2.05) is 6.92 Å². The van der Waals surface area contributed by atoms with E-state index in [4.69, 9.17) is 11.6 Å². The second kappa shape index (κ2) is 11.6. The van der Waals surface area contributed by atoms with Gasteiger partial charge in [-0.25, -0.2) is 8.42 Å². The van der Waals surface area contributed by atoms with Gasteiger partial charge in [0.15, 0.2) is 0 Å². The number of sulfonamides is 1. The highest BCUT2D eigenvalue weighted by Crippen LogP contribution is 2.25. The smallest absolute Gasteiger partial charge is 0.264 e. The summed E-state index contributed by atoms with van der Waals surface area (Å²) in [5.41, 5.74) is 2.55. The minimum absolute atomic E-state index is 0.130. The van der Waals surface area contributed by atoms with Gasteiger partial charge >= 0.3 is 0 Å². The molecule has 3 aromatic rings. The van der Waals surface area contributed by atoms with E-state index in [-0.39, 0.29) is 17.3 Å². The van der Waals surface area contributed by atoms with Gasteiger partial charge in [0.25, 0.3) is 10.0 Å². The molecule has 1 amide bonds. The molecule has 0 bridgehead atoms. The Balaban J connectivity index is 1.63. The highest BCUT2D eigenvalue weighted by atomic mass is 35.5. The van der Waals surface area contributed by atoms with Gasteiger partial charge in [-0.1, -0.05) is 47.0 Å². The highest BCUT2D eigenvalue weighted by Gasteiger charge is 2.27. The molecule has 0 saturated carbocycles. The molecule has 0 unspecified atom stereocenters. The number of nitrogens with one attached hydrogen (secondary N) is 1. The fourth-order valence-electron chi connectivity index (χ4n) is 3.07.